The molecule has 1 spiro atoms. The van der Waals surface area contributed by atoms with E-state index >= 15 is 0 Å². The van der Waals surface area contributed by atoms with E-state index in [0.717, 1.165) is 11.3 Å². The second-order valence-corrected chi connectivity index (χ2v) is 5.58. The summed E-state index contributed by atoms with van der Waals surface area (Å²) in [5.41, 5.74) is 7.18. The molecule has 1 fully saturated rings. The Hall–Kier alpha value is -1.65. The molecule has 1 aliphatic carbocycles. The number of carbonyl (C=O) groups is 1. The van der Waals surface area contributed by atoms with Crippen molar-refractivity contribution in [1.29, 1.82) is 0 Å². The lowest BCUT2D eigenvalue weighted by atomic mass is 9.69. The van der Waals surface area contributed by atoms with Crippen LogP contribution >= 0.6 is 0 Å². The lowest BCUT2D eigenvalue weighted by Gasteiger charge is -2.36. The summed E-state index contributed by atoms with van der Waals surface area (Å²) in [5.74, 6) is -2.73. The summed E-state index contributed by atoms with van der Waals surface area (Å²) in [6.07, 6.45) is -0.0824. The van der Waals surface area contributed by atoms with Gasteiger partial charge in [-0.25, -0.2) is 8.78 Å². The minimum Gasteiger partial charge on any atom is -0.399 e. The van der Waals surface area contributed by atoms with Crippen LogP contribution in [0.25, 0.3) is 0 Å². The Bertz CT molecular complexity index is 546. The third kappa shape index (κ3) is 1.64. The highest BCUT2D eigenvalue weighted by Gasteiger charge is 2.54. The highest BCUT2D eigenvalue weighted by atomic mass is 19.3. The van der Waals surface area contributed by atoms with Gasteiger partial charge in [0.05, 0.1) is 5.41 Å². The Morgan fingerprint density at radius 1 is 1.21 bits per heavy atom. The Balaban J connectivity index is 2.08. The first kappa shape index (κ1) is 12.4. The predicted octanol–water partition coefficient (Wildman–Crippen LogP) is 2.69. The molecular formula is C14H16F2N2O. The lowest BCUT2D eigenvalue weighted by Crippen LogP contribution is -2.44. The predicted molar refractivity (Wildman–Crippen MR) is 69.4 cm³/mol. The maximum absolute atomic E-state index is 13.4. The number of likely N-dealkylation sites (N-methyl/N-ethyl adjacent to an activating group) is 1. The molecular weight excluding hydrogens is 250 g/mol. The van der Waals surface area contributed by atoms with Crippen LogP contribution in [0.15, 0.2) is 18.2 Å². The van der Waals surface area contributed by atoms with E-state index in [4.69, 9.17) is 5.73 Å². The van der Waals surface area contributed by atoms with E-state index in [2.05, 4.69) is 0 Å². The average molecular weight is 266 g/mol. The third-order valence-electron chi connectivity index (χ3n) is 4.45. The van der Waals surface area contributed by atoms with Crippen LogP contribution in [0.4, 0.5) is 20.2 Å². The minimum atomic E-state index is -2.65. The van der Waals surface area contributed by atoms with Gasteiger partial charge in [0.2, 0.25) is 11.8 Å². The van der Waals surface area contributed by atoms with E-state index in [0.29, 0.717) is 5.69 Å². The molecule has 0 atom stereocenters. The number of nitrogens with two attached hydrogens (primary N) is 1. The topological polar surface area (TPSA) is 46.3 Å². The van der Waals surface area contributed by atoms with E-state index in [9.17, 15) is 13.6 Å². The number of halogens is 2. The van der Waals surface area contributed by atoms with Gasteiger partial charge in [-0.15, -0.1) is 0 Å². The molecule has 19 heavy (non-hydrogen) atoms. The number of benzene rings is 1. The lowest BCUT2D eigenvalue weighted by molar-refractivity contribution is -0.127. The quantitative estimate of drug-likeness (QED) is 0.734. The zero-order chi connectivity index (χ0) is 13.8. The molecule has 3 nitrogen and oxygen atoms in total. The maximum atomic E-state index is 13.4. The summed E-state index contributed by atoms with van der Waals surface area (Å²) in [6.45, 7) is 0. The van der Waals surface area contributed by atoms with Crippen molar-refractivity contribution in [2.45, 2.75) is 37.0 Å². The maximum Gasteiger partial charge on any atom is 0.248 e. The Morgan fingerprint density at radius 3 is 2.47 bits per heavy atom. The molecule has 102 valence electrons. The molecule has 2 N–H and O–H groups in total. The molecule has 0 bridgehead atoms. The van der Waals surface area contributed by atoms with Crippen LogP contribution in [0.1, 0.15) is 31.2 Å². The number of carbonyl (C=O) groups excluding carboxylic acids is 1. The SMILES string of the molecule is CN1C(=O)C2(CCC(F)(F)CC2)c2cc(N)ccc21. The van der Waals surface area contributed by atoms with E-state index < -0.39 is 11.3 Å². The Morgan fingerprint density at radius 2 is 1.84 bits per heavy atom. The normalized spacial score (nSPS) is 23.7. The average Bonchev–Trinajstić information content (AvgIpc) is 2.56. The van der Waals surface area contributed by atoms with Gasteiger partial charge in [0.25, 0.3) is 0 Å². The van der Waals surface area contributed by atoms with Crippen LogP contribution < -0.4 is 10.6 Å². The largest absolute Gasteiger partial charge is 0.399 e. The van der Waals surface area contributed by atoms with Crippen LogP contribution in [-0.2, 0) is 10.2 Å². The van der Waals surface area contributed by atoms with Crippen LogP contribution in [-0.4, -0.2) is 18.9 Å². The molecule has 1 heterocycles. The van der Waals surface area contributed by atoms with Gasteiger partial charge in [0.1, 0.15) is 0 Å². The molecule has 0 saturated heterocycles. The zero-order valence-corrected chi connectivity index (χ0v) is 10.7. The first-order valence-corrected chi connectivity index (χ1v) is 6.42. The molecule has 0 unspecified atom stereocenters. The van der Waals surface area contributed by atoms with Crippen molar-refractivity contribution in [1.82, 2.24) is 0 Å². The molecule has 1 aliphatic heterocycles. The van der Waals surface area contributed by atoms with Crippen molar-refractivity contribution in [3.63, 3.8) is 0 Å². The third-order valence-corrected chi connectivity index (χ3v) is 4.45. The van der Waals surface area contributed by atoms with E-state index in [1.54, 1.807) is 30.1 Å². The van der Waals surface area contributed by atoms with Gasteiger partial charge < -0.3 is 10.6 Å². The number of rotatable bonds is 0. The Labute approximate surface area is 110 Å². The van der Waals surface area contributed by atoms with Gasteiger partial charge in [-0.1, -0.05) is 0 Å². The summed E-state index contributed by atoms with van der Waals surface area (Å²) in [4.78, 5) is 14.1. The fourth-order valence-corrected chi connectivity index (χ4v) is 3.30. The first-order chi connectivity index (χ1) is 8.86. The molecule has 3 rings (SSSR count). The fraction of sp³-hybridized carbons (Fsp3) is 0.500. The van der Waals surface area contributed by atoms with Crippen molar-refractivity contribution >= 4 is 17.3 Å². The molecule has 1 aromatic rings. The van der Waals surface area contributed by atoms with Crippen LogP contribution in [0.5, 0.6) is 0 Å². The molecule has 1 aromatic carbocycles. The number of alkyl halides is 2. The number of hydrogen-bond donors (Lipinski definition) is 1. The molecule has 5 heteroatoms. The highest BCUT2D eigenvalue weighted by molar-refractivity contribution is 6.08. The summed E-state index contributed by atoms with van der Waals surface area (Å²) >= 11 is 0. The minimum absolute atomic E-state index is 0.0800. The molecule has 0 aromatic heterocycles. The smallest absolute Gasteiger partial charge is 0.248 e. The van der Waals surface area contributed by atoms with Gasteiger partial charge in [0.15, 0.2) is 0 Å². The standard InChI is InChI=1S/C14H16F2N2O/c1-18-11-3-2-9(17)8-10(11)13(12(18)19)4-6-14(15,16)7-5-13/h2-3,8H,4-7,17H2,1H3. The Kier molecular flexibility index (Phi) is 2.40. The number of fused-ring (bicyclic) bond motifs is 2. The molecule has 2 aliphatic rings. The second kappa shape index (κ2) is 3.68. The van der Waals surface area contributed by atoms with Crippen molar-refractivity contribution in [2.24, 2.45) is 0 Å². The molecule has 1 saturated carbocycles. The summed E-state index contributed by atoms with van der Waals surface area (Å²) in [7, 11) is 1.69. The van der Waals surface area contributed by atoms with Gasteiger partial charge >= 0.3 is 0 Å². The van der Waals surface area contributed by atoms with Crippen LogP contribution in [0.2, 0.25) is 0 Å². The van der Waals surface area contributed by atoms with Crippen molar-refractivity contribution < 1.29 is 13.6 Å². The number of anilines is 2. The first-order valence-electron chi connectivity index (χ1n) is 6.42. The summed E-state index contributed by atoms with van der Waals surface area (Å²) in [5, 5.41) is 0. The number of amides is 1. The van der Waals surface area contributed by atoms with Gasteiger partial charge in [-0.3, -0.25) is 4.79 Å². The number of nitrogen functional groups attached to an aromatic ring is 1. The highest BCUT2D eigenvalue weighted by Crippen LogP contribution is 2.52. The monoisotopic (exact) mass is 266 g/mol. The van der Waals surface area contributed by atoms with Crippen molar-refractivity contribution in [2.75, 3.05) is 17.7 Å². The summed E-state index contributed by atoms with van der Waals surface area (Å²) < 4.78 is 26.7. The number of nitrogens with zero attached hydrogens (tertiary/aromatic N) is 1. The van der Waals surface area contributed by atoms with Gasteiger partial charge in [-0.05, 0) is 36.6 Å². The van der Waals surface area contributed by atoms with Gasteiger partial charge in [-0.2, -0.15) is 0 Å². The summed E-state index contributed by atoms with van der Waals surface area (Å²) in [6, 6.07) is 5.29. The van der Waals surface area contributed by atoms with Crippen molar-refractivity contribution in [3.05, 3.63) is 23.8 Å². The fourth-order valence-electron chi connectivity index (χ4n) is 3.30. The van der Waals surface area contributed by atoms with Crippen molar-refractivity contribution in [3.8, 4) is 0 Å². The number of hydrogen-bond acceptors (Lipinski definition) is 2. The van der Waals surface area contributed by atoms with E-state index in [1.165, 1.54) is 0 Å². The van der Waals surface area contributed by atoms with Gasteiger partial charge in [0, 0.05) is 31.3 Å². The second-order valence-electron chi connectivity index (χ2n) is 5.58. The molecule has 1 amide bonds. The van der Waals surface area contributed by atoms with Crippen LogP contribution in [0.3, 0.4) is 0 Å². The molecule has 0 radical (unpaired) electrons. The van der Waals surface area contributed by atoms with Crippen LogP contribution in [0, 0.1) is 0 Å². The van der Waals surface area contributed by atoms with E-state index in [1.807, 2.05) is 0 Å². The zero-order valence-electron chi connectivity index (χ0n) is 10.7. The van der Waals surface area contributed by atoms with E-state index in [-0.39, 0.29) is 31.6 Å².